The summed E-state index contributed by atoms with van der Waals surface area (Å²) in [5.41, 5.74) is 0. The van der Waals surface area contributed by atoms with Gasteiger partial charge in [-0.2, -0.15) is 0 Å². The molecular weight excluding hydrogens is 272 g/mol. The van der Waals surface area contributed by atoms with Crippen LogP contribution in [0, 0.1) is 5.92 Å². The first-order valence-electron chi connectivity index (χ1n) is 5.30. The first-order chi connectivity index (χ1) is 7.36. The van der Waals surface area contributed by atoms with Gasteiger partial charge in [0.05, 0.1) is 0 Å². The molecule has 1 N–H and O–H groups in total. The molecule has 0 atom stereocenters. The lowest BCUT2D eigenvalue weighted by Gasteiger charge is -2.21. The van der Waals surface area contributed by atoms with Crippen LogP contribution in [0.2, 0.25) is 0 Å². The van der Waals surface area contributed by atoms with Crippen LogP contribution in [0.4, 0.5) is 0 Å². The van der Waals surface area contributed by atoms with Gasteiger partial charge in [0, 0.05) is 16.4 Å². The van der Waals surface area contributed by atoms with Gasteiger partial charge in [-0.1, -0.05) is 0 Å². The zero-order valence-electron chi connectivity index (χ0n) is 8.58. The maximum Gasteiger partial charge on any atom is 0.110 e. The van der Waals surface area contributed by atoms with E-state index in [-0.39, 0.29) is 0 Å². The van der Waals surface area contributed by atoms with Gasteiger partial charge >= 0.3 is 0 Å². The molecule has 82 valence electrons. The fourth-order valence-electron chi connectivity index (χ4n) is 1.72. The van der Waals surface area contributed by atoms with Crippen LogP contribution in [0.3, 0.4) is 0 Å². The molecule has 1 saturated heterocycles. The summed E-state index contributed by atoms with van der Waals surface area (Å²) in [5, 5.41) is 4.51. The lowest BCUT2D eigenvalue weighted by Crippen LogP contribution is -2.28. The van der Waals surface area contributed by atoms with E-state index in [0.29, 0.717) is 0 Å². The van der Waals surface area contributed by atoms with E-state index in [9.17, 15) is 0 Å². The van der Waals surface area contributed by atoms with Crippen molar-refractivity contribution in [1.29, 1.82) is 0 Å². The third-order valence-corrected chi connectivity index (χ3v) is 4.78. The Labute approximate surface area is 103 Å². The molecule has 1 aromatic rings. The van der Waals surface area contributed by atoms with Crippen LogP contribution >= 0.6 is 27.7 Å². The van der Waals surface area contributed by atoms with E-state index in [1.807, 2.05) is 24.0 Å². The number of pyridine rings is 1. The first-order valence-corrected chi connectivity index (χ1v) is 7.08. The lowest BCUT2D eigenvalue weighted by molar-refractivity contribution is 0.408. The summed E-state index contributed by atoms with van der Waals surface area (Å²) >= 11 is 5.39. The Morgan fingerprint density at radius 3 is 3.00 bits per heavy atom. The Morgan fingerprint density at radius 2 is 2.27 bits per heavy atom. The van der Waals surface area contributed by atoms with E-state index in [4.69, 9.17) is 0 Å². The number of rotatable bonds is 3. The summed E-state index contributed by atoms with van der Waals surface area (Å²) in [5.74, 6) is 2.04. The van der Waals surface area contributed by atoms with Gasteiger partial charge in [0.15, 0.2) is 0 Å². The van der Waals surface area contributed by atoms with Gasteiger partial charge in [0.1, 0.15) is 5.03 Å². The Kier molecular flexibility index (Phi) is 4.47. The SMILES string of the molecule is Brc1cccnc1SCC1CCNCC1. The van der Waals surface area contributed by atoms with Gasteiger partial charge in [-0.3, -0.25) is 0 Å². The minimum Gasteiger partial charge on any atom is -0.317 e. The van der Waals surface area contributed by atoms with Crippen molar-refractivity contribution in [2.24, 2.45) is 5.92 Å². The van der Waals surface area contributed by atoms with Crippen LogP contribution < -0.4 is 5.32 Å². The van der Waals surface area contributed by atoms with Crippen molar-refractivity contribution in [1.82, 2.24) is 10.3 Å². The summed E-state index contributed by atoms with van der Waals surface area (Å²) < 4.78 is 1.11. The van der Waals surface area contributed by atoms with Crippen molar-refractivity contribution in [2.45, 2.75) is 17.9 Å². The van der Waals surface area contributed by atoms with Gasteiger partial charge in [-0.15, -0.1) is 11.8 Å². The molecule has 1 aromatic heterocycles. The van der Waals surface area contributed by atoms with Crippen molar-refractivity contribution in [3.63, 3.8) is 0 Å². The average Bonchev–Trinajstić information content (AvgIpc) is 2.29. The average molecular weight is 287 g/mol. The fraction of sp³-hybridized carbons (Fsp3) is 0.545. The Bertz CT molecular complexity index is 313. The lowest BCUT2D eigenvalue weighted by atomic mass is 10.0. The van der Waals surface area contributed by atoms with Crippen LogP contribution in [0.1, 0.15) is 12.8 Å². The van der Waals surface area contributed by atoms with Gasteiger partial charge in [0.25, 0.3) is 0 Å². The van der Waals surface area contributed by atoms with Crippen LogP contribution in [0.15, 0.2) is 27.8 Å². The Morgan fingerprint density at radius 1 is 1.47 bits per heavy atom. The third kappa shape index (κ3) is 3.47. The molecule has 15 heavy (non-hydrogen) atoms. The summed E-state index contributed by atoms with van der Waals surface area (Å²) in [6, 6.07) is 4.01. The van der Waals surface area contributed by atoms with E-state index in [0.717, 1.165) is 15.4 Å². The zero-order chi connectivity index (χ0) is 10.5. The van der Waals surface area contributed by atoms with Crippen molar-refractivity contribution < 1.29 is 0 Å². The molecule has 2 rings (SSSR count). The van der Waals surface area contributed by atoms with Crippen molar-refractivity contribution >= 4 is 27.7 Å². The van der Waals surface area contributed by atoms with Crippen LogP contribution in [-0.2, 0) is 0 Å². The third-order valence-electron chi connectivity index (χ3n) is 2.64. The molecule has 0 bridgehead atoms. The number of nitrogens with one attached hydrogen (secondary N) is 1. The predicted molar refractivity (Wildman–Crippen MR) is 68.3 cm³/mol. The van der Waals surface area contributed by atoms with Crippen molar-refractivity contribution in [3.8, 4) is 0 Å². The van der Waals surface area contributed by atoms with E-state index in [1.54, 1.807) is 0 Å². The second-order valence-corrected chi connectivity index (χ2v) is 5.66. The van der Waals surface area contributed by atoms with Gasteiger partial charge in [-0.05, 0) is 59.9 Å². The van der Waals surface area contributed by atoms with Crippen molar-refractivity contribution in [2.75, 3.05) is 18.8 Å². The van der Waals surface area contributed by atoms with E-state index >= 15 is 0 Å². The highest BCUT2D eigenvalue weighted by Crippen LogP contribution is 2.28. The number of piperidine rings is 1. The number of nitrogens with zero attached hydrogens (tertiary/aromatic N) is 1. The number of aromatic nitrogens is 1. The molecule has 0 spiro atoms. The first kappa shape index (κ1) is 11.4. The fourth-order valence-corrected chi connectivity index (χ4v) is 3.39. The number of thioether (sulfide) groups is 1. The van der Waals surface area contributed by atoms with E-state index in [2.05, 4.69) is 32.3 Å². The molecule has 4 heteroatoms. The smallest absolute Gasteiger partial charge is 0.110 e. The van der Waals surface area contributed by atoms with Gasteiger partial charge in [-0.25, -0.2) is 4.98 Å². The molecule has 1 aliphatic rings. The molecule has 0 amide bonds. The molecule has 0 aliphatic carbocycles. The summed E-state index contributed by atoms with van der Waals surface area (Å²) in [6.07, 6.45) is 4.46. The van der Waals surface area contributed by atoms with Gasteiger partial charge in [0.2, 0.25) is 0 Å². The highest BCUT2D eigenvalue weighted by atomic mass is 79.9. The largest absolute Gasteiger partial charge is 0.317 e. The summed E-state index contributed by atoms with van der Waals surface area (Å²) in [4.78, 5) is 4.36. The van der Waals surface area contributed by atoms with E-state index in [1.165, 1.54) is 31.7 Å². The van der Waals surface area contributed by atoms with Crippen LogP contribution in [0.25, 0.3) is 0 Å². The van der Waals surface area contributed by atoms with Crippen LogP contribution in [0.5, 0.6) is 0 Å². The number of hydrogen-bond acceptors (Lipinski definition) is 3. The Hall–Kier alpha value is -0.0600. The summed E-state index contributed by atoms with van der Waals surface area (Å²) in [6.45, 7) is 2.35. The van der Waals surface area contributed by atoms with Gasteiger partial charge < -0.3 is 5.32 Å². The quantitative estimate of drug-likeness (QED) is 0.865. The maximum absolute atomic E-state index is 4.36. The summed E-state index contributed by atoms with van der Waals surface area (Å²) in [7, 11) is 0. The zero-order valence-corrected chi connectivity index (χ0v) is 11.0. The molecule has 1 aliphatic heterocycles. The maximum atomic E-state index is 4.36. The highest BCUT2D eigenvalue weighted by Gasteiger charge is 2.13. The Balaban J connectivity index is 1.84. The van der Waals surface area contributed by atoms with E-state index < -0.39 is 0 Å². The highest BCUT2D eigenvalue weighted by molar-refractivity contribution is 9.10. The molecule has 0 saturated carbocycles. The number of halogens is 1. The monoisotopic (exact) mass is 286 g/mol. The minimum atomic E-state index is 0.852. The number of hydrogen-bond donors (Lipinski definition) is 1. The topological polar surface area (TPSA) is 24.9 Å². The van der Waals surface area contributed by atoms with Crippen molar-refractivity contribution in [3.05, 3.63) is 22.8 Å². The second-order valence-electron chi connectivity index (χ2n) is 3.79. The van der Waals surface area contributed by atoms with Crippen LogP contribution in [-0.4, -0.2) is 23.8 Å². The molecule has 0 unspecified atom stereocenters. The molecule has 2 heterocycles. The minimum absolute atomic E-state index is 0.852. The molecule has 0 radical (unpaired) electrons. The normalized spacial score (nSPS) is 17.9. The second kappa shape index (κ2) is 5.87. The molecule has 2 nitrogen and oxygen atoms in total. The standard InChI is InChI=1S/C11H15BrN2S/c12-10-2-1-5-14-11(10)15-8-9-3-6-13-7-4-9/h1-2,5,9,13H,3-4,6-8H2. The predicted octanol–water partition coefficient (Wildman–Crippen LogP) is 2.94. The molecule has 0 aromatic carbocycles. The molecule has 1 fully saturated rings. The molecular formula is C11H15BrN2S.